The van der Waals surface area contributed by atoms with Gasteiger partial charge in [0, 0.05) is 23.1 Å². The summed E-state index contributed by atoms with van der Waals surface area (Å²) < 4.78 is 1.86. The van der Waals surface area contributed by atoms with Gasteiger partial charge in [-0.1, -0.05) is 35.0 Å². The number of hydrogen-bond donors (Lipinski definition) is 2. The van der Waals surface area contributed by atoms with E-state index in [1.54, 1.807) is 23.7 Å². The quantitative estimate of drug-likeness (QED) is 0.462. The first-order valence-electron chi connectivity index (χ1n) is 8.90. The lowest BCUT2D eigenvalue weighted by Crippen LogP contribution is -2.29. The predicted octanol–water partition coefficient (Wildman–Crippen LogP) is 4.28. The summed E-state index contributed by atoms with van der Waals surface area (Å²) in [5.41, 5.74) is 0.323. The highest BCUT2D eigenvalue weighted by Crippen LogP contribution is 2.24. The third kappa shape index (κ3) is 5.51. The summed E-state index contributed by atoms with van der Waals surface area (Å²) >= 11 is 14.6. The summed E-state index contributed by atoms with van der Waals surface area (Å²) in [7, 11) is 0. The largest absolute Gasteiger partial charge is 0.342 e. The Hall–Kier alpha value is -2.14. The van der Waals surface area contributed by atoms with Crippen molar-refractivity contribution < 1.29 is 9.59 Å². The number of amides is 2. The number of carbonyl (C=O) groups is 2. The van der Waals surface area contributed by atoms with Crippen LogP contribution in [0.1, 0.15) is 36.1 Å². The molecule has 2 N–H and O–H groups in total. The van der Waals surface area contributed by atoms with E-state index in [0.717, 1.165) is 0 Å². The topological polar surface area (TPSA) is 102 Å². The van der Waals surface area contributed by atoms with E-state index in [9.17, 15) is 9.59 Å². The van der Waals surface area contributed by atoms with Crippen LogP contribution in [0.2, 0.25) is 10.0 Å². The van der Waals surface area contributed by atoms with Gasteiger partial charge in [-0.05, 0) is 32.0 Å². The van der Waals surface area contributed by atoms with Crippen LogP contribution in [0.25, 0.3) is 0 Å². The van der Waals surface area contributed by atoms with Crippen molar-refractivity contribution in [2.24, 2.45) is 0 Å². The summed E-state index contributed by atoms with van der Waals surface area (Å²) in [4.78, 5) is 28.7. The molecule has 3 rings (SSSR count). The molecule has 2 amide bonds. The lowest BCUT2D eigenvalue weighted by atomic mass is 10.2. The zero-order valence-corrected chi connectivity index (χ0v) is 19.2. The van der Waals surface area contributed by atoms with Crippen molar-refractivity contribution in [3.8, 4) is 0 Å². The highest BCUT2D eigenvalue weighted by atomic mass is 35.5. The summed E-state index contributed by atoms with van der Waals surface area (Å²) in [6, 6.07) is 4.27. The minimum atomic E-state index is -0.421. The molecule has 2 aromatic heterocycles. The van der Waals surface area contributed by atoms with Crippen molar-refractivity contribution in [1.82, 2.24) is 25.1 Å². The fourth-order valence-corrected chi connectivity index (χ4v) is 4.46. The van der Waals surface area contributed by atoms with Crippen LogP contribution in [-0.4, -0.2) is 37.3 Å². The zero-order valence-electron chi connectivity index (χ0n) is 16.1. The molecule has 2 heterocycles. The van der Waals surface area contributed by atoms with Gasteiger partial charge in [-0.2, -0.15) is 0 Å². The smallest absolute Gasteiger partial charge is 0.253 e. The number of carbonyl (C=O) groups excluding carboxylic acids is 2. The van der Waals surface area contributed by atoms with Crippen LogP contribution in [0.3, 0.4) is 0 Å². The van der Waals surface area contributed by atoms with E-state index in [-0.39, 0.29) is 22.6 Å². The maximum absolute atomic E-state index is 12.6. The molecule has 1 atom stereocenters. The molecule has 0 fully saturated rings. The first-order chi connectivity index (χ1) is 14.4. The van der Waals surface area contributed by atoms with E-state index in [1.807, 2.05) is 18.4 Å². The Morgan fingerprint density at radius 3 is 2.77 bits per heavy atom. The molecular weight excluding hydrogens is 467 g/mol. The number of benzene rings is 1. The standard InChI is InChI=1S/C18H18Cl2N6O2S2/c1-3-26-15(10(2)22-16(28)12-5-4-11(19)8-13(12)20)24-25-18(26)30-9-14(27)23-17-21-6-7-29-17/h4-8,10H,3,9H2,1-2H3,(H,22,28)(H,21,23,27)/t10-/m0/s1. The van der Waals surface area contributed by atoms with Crippen LogP contribution >= 0.6 is 46.3 Å². The Labute approximate surface area is 191 Å². The average molecular weight is 485 g/mol. The molecule has 3 aromatic rings. The SMILES string of the molecule is CCn1c(SCC(=O)Nc2nccs2)nnc1[C@H](C)NC(=O)c1ccc(Cl)cc1Cl. The number of thiazole rings is 1. The number of aromatic nitrogens is 4. The second-order valence-corrected chi connectivity index (χ2v) is 8.76. The Morgan fingerprint density at radius 2 is 2.10 bits per heavy atom. The molecule has 0 aliphatic heterocycles. The highest BCUT2D eigenvalue weighted by Gasteiger charge is 2.21. The monoisotopic (exact) mass is 484 g/mol. The van der Waals surface area contributed by atoms with Crippen molar-refractivity contribution in [3.63, 3.8) is 0 Å². The van der Waals surface area contributed by atoms with Gasteiger partial charge in [0.25, 0.3) is 5.91 Å². The highest BCUT2D eigenvalue weighted by molar-refractivity contribution is 7.99. The Kier molecular flexibility index (Phi) is 7.70. The lowest BCUT2D eigenvalue weighted by Gasteiger charge is -2.15. The average Bonchev–Trinajstić information content (AvgIpc) is 3.35. The van der Waals surface area contributed by atoms with Gasteiger partial charge in [-0.15, -0.1) is 21.5 Å². The molecule has 0 unspecified atom stereocenters. The molecule has 0 aliphatic carbocycles. The predicted molar refractivity (Wildman–Crippen MR) is 120 cm³/mol. The van der Waals surface area contributed by atoms with Crippen LogP contribution in [0.5, 0.6) is 0 Å². The molecule has 0 spiro atoms. The first kappa shape index (κ1) is 22.5. The Balaban J connectivity index is 1.65. The molecule has 0 aliphatic rings. The van der Waals surface area contributed by atoms with Gasteiger partial charge in [-0.3, -0.25) is 9.59 Å². The molecule has 30 heavy (non-hydrogen) atoms. The number of hydrogen-bond acceptors (Lipinski definition) is 7. The van der Waals surface area contributed by atoms with Crippen molar-refractivity contribution in [3.05, 3.63) is 51.2 Å². The second-order valence-electron chi connectivity index (χ2n) is 6.08. The van der Waals surface area contributed by atoms with Gasteiger partial charge in [-0.25, -0.2) is 4.98 Å². The summed E-state index contributed by atoms with van der Waals surface area (Å²) in [6.07, 6.45) is 1.63. The van der Waals surface area contributed by atoms with Gasteiger partial charge in [0.05, 0.1) is 22.4 Å². The molecule has 0 saturated carbocycles. The van der Waals surface area contributed by atoms with E-state index in [0.29, 0.717) is 33.2 Å². The van der Waals surface area contributed by atoms with Gasteiger partial charge >= 0.3 is 0 Å². The van der Waals surface area contributed by atoms with Crippen molar-refractivity contribution in [2.45, 2.75) is 31.6 Å². The number of thioether (sulfide) groups is 1. The van der Waals surface area contributed by atoms with Crippen LogP contribution < -0.4 is 10.6 Å². The lowest BCUT2D eigenvalue weighted by molar-refractivity contribution is -0.113. The minimum absolute atomic E-state index is 0.166. The first-order valence-corrected chi connectivity index (χ1v) is 11.5. The van der Waals surface area contributed by atoms with Gasteiger partial charge in [0.15, 0.2) is 16.1 Å². The minimum Gasteiger partial charge on any atom is -0.342 e. The fraction of sp³-hybridized carbons (Fsp3) is 0.278. The molecule has 0 radical (unpaired) electrons. The summed E-state index contributed by atoms with van der Waals surface area (Å²) in [5, 5.41) is 17.6. The van der Waals surface area contributed by atoms with Crippen molar-refractivity contribution in [2.75, 3.05) is 11.1 Å². The maximum Gasteiger partial charge on any atom is 0.253 e. The van der Waals surface area contributed by atoms with E-state index in [2.05, 4.69) is 25.8 Å². The summed E-state index contributed by atoms with van der Waals surface area (Å²) in [5.74, 6) is 0.227. The van der Waals surface area contributed by atoms with Crippen LogP contribution in [0, 0.1) is 0 Å². The van der Waals surface area contributed by atoms with Crippen LogP contribution in [-0.2, 0) is 11.3 Å². The molecule has 0 bridgehead atoms. The molecule has 0 saturated heterocycles. The van der Waals surface area contributed by atoms with Crippen LogP contribution in [0.15, 0.2) is 34.9 Å². The Bertz CT molecular complexity index is 1040. The van der Waals surface area contributed by atoms with Gasteiger partial charge in [0.2, 0.25) is 5.91 Å². The van der Waals surface area contributed by atoms with E-state index < -0.39 is 6.04 Å². The van der Waals surface area contributed by atoms with Crippen molar-refractivity contribution in [1.29, 1.82) is 0 Å². The van der Waals surface area contributed by atoms with E-state index in [1.165, 1.54) is 29.2 Å². The van der Waals surface area contributed by atoms with E-state index >= 15 is 0 Å². The van der Waals surface area contributed by atoms with E-state index in [4.69, 9.17) is 23.2 Å². The molecule has 12 heteroatoms. The molecule has 8 nitrogen and oxygen atoms in total. The molecular formula is C18H18Cl2N6O2S2. The zero-order chi connectivity index (χ0) is 21.7. The Morgan fingerprint density at radius 1 is 1.30 bits per heavy atom. The normalized spacial score (nSPS) is 11.9. The van der Waals surface area contributed by atoms with Crippen LogP contribution in [0.4, 0.5) is 5.13 Å². The number of halogens is 2. The van der Waals surface area contributed by atoms with Gasteiger partial charge < -0.3 is 15.2 Å². The second kappa shape index (κ2) is 10.3. The number of rotatable bonds is 8. The fourth-order valence-electron chi connectivity index (χ4n) is 2.61. The number of nitrogens with one attached hydrogen (secondary N) is 2. The maximum atomic E-state index is 12.6. The molecule has 1 aromatic carbocycles. The number of nitrogens with zero attached hydrogens (tertiary/aromatic N) is 4. The third-order valence-corrected chi connectivity index (χ3v) is 6.19. The summed E-state index contributed by atoms with van der Waals surface area (Å²) in [6.45, 7) is 4.33. The third-order valence-electron chi connectivity index (χ3n) is 3.98. The molecule has 158 valence electrons. The van der Waals surface area contributed by atoms with Gasteiger partial charge in [0.1, 0.15) is 0 Å². The number of anilines is 1. The van der Waals surface area contributed by atoms with Crippen molar-refractivity contribution >= 4 is 63.2 Å².